The number of likely N-dealkylation sites (tertiary alicyclic amines) is 1. The van der Waals surface area contributed by atoms with Gasteiger partial charge in [-0.2, -0.15) is 5.10 Å². The molecule has 0 aromatic carbocycles. The summed E-state index contributed by atoms with van der Waals surface area (Å²) in [6.45, 7) is 3.96. The van der Waals surface area contributed by atoms with Crippen LogP contribution in [0.3, 0.4) is 0 Å². The molecule has 1 aliphatic rings. The highest BCUT2D eigenvalue weighted by atomic mass is 19.1. The van der Waals surface area contributed by atoms with E-state index in [-0.39, 0.29) is 12.6 Å². The second kappa shape index (κ2) is 4.93. The Hall–Kier alpha value is -0.940. The van der Waals surface area contributed by atoms with E-state index >= 15 is 0 Å². The normalized spacial score (nSPS) is 26.4. The van der Waals surface area contributed by atoms with Gasteiger partial charge in [-0.1, -0.05) is 0 Å². The molecule has 1 aliphatic heterocycles. The molecule has 90 valence electrons. The molecule has 2 rings (SSSR count). The molecule has 16 heavy (non-hydrogen) atoms. The Bertz CT molecular complexity index is 342. The third kappa shape index (κ3) is 2.25. The van der Waals surface area contributed by atoms with Gasteiger partial charge in [0.1, 0.15) is 6.17 Å². The van der Waals surface area contributed by atoms with E-state index in [1.165, 1.54) is 0 Å². The molecule has 0 amide bonds. The van der Waals surface area contributed by atoms with E-state index in [1.807, 2.05) is 22.6 Å². The highest BCUT2D eigenvalue weighted by Crippen LogP contribution is 2.22. The third-order valence-corrected chi connectivity index (χ3v) is 3.16. The summed E-state index contributed by atoms with van der Waals surface area (Å²) in [4.78, 5) is 1.99. The lowest BCUT2D eigenvalue weighted by molar-refractivity contribution is 0.150. The number of aliphatic hydroxyl groups is 1. The molecule has 1 fully saturated rings. The molecule has 5 heteroatoms. The van der Waals surface area contributed by atoms with Crippen LogP contribution in [0, 0.1) is 0 Å². The topological polar surface area (TPSA) is 41.3 Å². The van der Waals surface area contributed by atoms with E-state index in [2.05, 4.69) is 5.10 Å². The van der Waals surface area contributed by atoms with E-state index in [0.29, 0.717) is 19.5 Å². The van der Waals surface area contributed by atoms with E-state index in [1.54, 1.807) is 6.20 Å². The van der Waals surface area contributed by atoms with Crippen molar-refractivity contribution in [3.8, 4) is 0 Å². The second-order valence-electron chi connectivity index (χ2n) is 4.24. The number of nitrogens with zero attached hydrogens (tertiary/aromatic N) is 3. The van der Waals surface area contributed by atoms with Crippen molar-refractivity contribution in [2.45, 2.75) is 38.6 Å². The standard InChI is InChI=1S/C11H18FN3O/c1-2-15-10(3-4-13-15)7-14-6-9(12)5-11(14)8-16/h3-4,9,11,16H,2,5-8H2,1H3/t9-,11-/m0/s1. The van der Waals surface area contributed by atoms with Gasteiger partial charge < -0.3 is 5.11 Å². The Morgan fingerprint density at radius 2 is 2.44 bits per heavy atom. The summed E-state index contributed by atoms with van der Waals surface area (Å²) in [6.07, 6.45) is 1.39. The average molecular weight is 227 g/mol. The van der Waals surface area contributed by atoms with Crippen molar-refractivity contribution < 1.29 is 9.50 Å². The molecule has 1 saturated heterocycles. The number of aryl methyl sites for hydroxylation is 1. The molecule has 2 heterocycles. The highest BCUT2D eigenvalue weighted by molar-refractivity contribution is 5.02. The van der Waals surface area contributed by atoms with Crippen LogP contribution < -0.4 is 0 Å². The zero-order valence-electron chi connectivity index (χ0n) is 9.51. The van der Waals surface area contributed by atoms with Crippen LogP contribution in [0.1, 0.15) is 19.0 Å². The lowest BCUT2D eigenvalue weighted by Crippen LogP contribution is -2.32. The summed E-state index contributed by atoms with van der Waals surface area (Å²) in [7, 11) is 0. The van der Waals surface area contributed by atoms with Crippen LogP contribution in [0.2, 0.25) is 0 Å². The molecule has 0 aliphatic carbocycles. The van der Waals surface area contributed by atoms with Crippen LogP contribution in [0.4, 0.5) is 4.39 Å². The van der Waals surface area contributed by atoms with E-state index in [0.717, 1.165) is 12.2 Å². The molecular weight excluding hydrogens is 209 g/mol. The number of aromatic nitrogens is 2. The maximum absolute atomic E-state index is 13.2. The number of aliphatic hydroxyl groups excluding tert-OH is 1. The largest absolute Gasteiger partial charge is 0.395 e. The first kappa shape index (κ1) is 11.5. The Balaban J connectivity index is 2.03. The van der Waals surface area contributed by atoms with Gasteiger partial charge >= 0.3 is 0 Å². The van der Waals surface area contributed by atoms with Gasteiger partial charge in [0.25, 0.3) is 0 Å². The number of hydrogen-bond acceptors (Lipinski definition) is 3. The molecular formula is C11H18FN3O. The summed E-state index contributed by atoms with van der Waals surface area (Å²) in [5.74, 6) is 0. The minimum atomic E-state index is -0.810. The van der Waals surface area contributed by atoms with Crippen molar-refractivity contribution in [3.05, 3.63) is 18.0 Å². The van der Waals surface area contributed by atoms with Crippen molar-refractivity contribution in [2.24, 2.45) is 0 Å². The van der Waals surface area contributed by atoms with Crippen LogP contribution in [0.5, 0.6) is 0 Å². The fourth-order valence-corrected chi connectivity index (χ4v) is 2.29. The molecule has 1 aromatic rings. The van der Waals surface area contributed by atoms with E-state index in [4.69, 9.17) is 0 Å². The summed E-state index contributed by atoms with van der Waals surface area (Å²) in [6, 6.07) is 1.90. The van der Waals surface area contributed by atoms with E-state index < -0.39 is 6.17 Å². The molecule has 4 nitrogen and oxygen atoms in total. The van der Waals surface area contributed by atoms with Crippen LogP contribution in [0.15, 0.2) is 12.3 Å². The number of alkyl halides is 1. The fraction of sp³-hybridized carbons (Fsp3) is 0.727. The first-order valence-corrected chi connectivity index (χ1v) is 5.74. The van der Waals surface area contributed by atoms with Crippen molar-refractivity contribution in [2.75, 3.05) is 13.2 Å². The summed E-state index contributed by atoms with van der Waals surface area (Å²) >= 11 is 0. The van der Waals surface area contributed by atoms with Crippen molar-refractivity contribution in [1.82, 2.24) is 14.7 Å². The minimum Gasteiger partial charge on any atom is -0.395 e. The number of rotatable bonds is 4. The molecule has 1 N–H and O–H groups in total. The van der Waals surface area contributed by atoms with E-state index in [9.17, 15) is 9.50 Å². The number of halogens is 1. The Kier molecular flexibility index (Phi) is 3.56. The molecule has 0 spiro atoms. The predicted molar refractivity (Wildman–Crippen MR) is 58.7 cm³/mol. The molecule has 0 saturated carbocycles. The van der Waals surface area contributed by atoms with Crippen LogP contribution >= 0.6 is 0 Å². The third-order valence-electron chi connectivity index (χ3n) is 3.16. The van der Waals surface area contributed by atoms with Gasteiger partial charge in [0.15, 0.2) is 0 Å². The lowest BCUT2D eigenvalue weighted by Gasteiger charge is -2.22. The summed E-state index contributed by atoms with van der Waals surface area (Å²) < 4.78 is 15.1. The van der Waals surface area contributed by atoms with Crippen LogP contribution in [-0.2, 0) is 13.1 Å². The zero-order chi connectivity index (χ0) is 11.5. The molecule has 1 aromatic heterocycles. The molecule has 0 bridgehead atoms. The first-order valence-electron chi connectivity index (χ1n) is 5.74. The molecule has 0 unspecified atom stereocenters. The van der Waals surface area contributed by atoms with Gasteiger partial charge in [-0.15, -0.1) is 0 Å². The predicted octanol–water partition coefficient (Wildman–Crippen LogP) is 0.808. The lowest BCUT2D eigenvalue weighted by atomic mass is 10.2. The fourth-order valence-electron chi connectivity index (χ4n) is 2.29. The SMILES string of the molecule is CCn1nccc1CN1C[C@@H](F)C[C@H]1CO. The average Bonchev–Trinajstić information content (AvgIpc) is 2.85. The van der Waals surface area contributed by atoms with Gasteiger partial charge in [-0.25, -0.2) is 4.39 Å². The maximum atomic E-state index is 13.2. The number of hydrogen-bond donors (Lipinski definition) is 1. The first-order chi connectivity index (χ1) is 7.74. The Morgan fingerprint density at radius 3 is 3.12 bits per heavy atom. The molecule has 0 radical (unpaired) electrons. The van der Waals surface area contributed by atoms with Crippen molar-refractivity contribution in [3.63, 3.8) is 0 Å². The van der Waals surface area contributed by atoms with Crippen molar-refractivity contribution in [1.29, 1.82) is 0 Å². The van der Waals surface area contributed by atoms with Gasteiger partial charge in [0.2, 0.25) is 0 Å². The minimum absolute atomic E-state index is 0.0285. The van der Waals surface area contributed by atoms with Gasteiger partial charge in [0.05, 0.1) is 12.3 Å². The van der Waals surface area contributed by atoms with Gasteiger partial charge in [-0.3, -0.25) is 9.58 Å². The van der Waals surface area contributed by atoms with Crippen LogP contribution in [-0.4, -0.2) is 45.2 Å². The second-order valence-corrected chi connectivity index (χ2v) is 4.24. The quantitative estimate of drug-likeness (QED) is 0.827. The Morgan fingerprint density at radius 1 is 1.62 bits per heavy atom. The maximum Gasteiger partial charge on any atom is 0.114 e. The molecule has 2 atom stereocenters. The van der Waals surface area contributed by atoms with Crippen molar-refractivity contribution >= 4 is 0 Å². The van der Waals surface area contributed by atoms with Gasteiger partial charge in [-0.05, 0) is 19.4 Å². The van der Waals surface area contributed by atoms with Gasteiger partial charge in [0, 0.05) is 31.9 Å². The zero-order valence-corrected chi connectivity index (χ0v) is 9.51. The highest BCUT2D eigenvalue weighted by Gasteiger charge is 2.31. The Labute approximate surface area is 94.7 Å². The summed E-state index contributed by atoms with van der Waals surface area (Å²) in [5, 5.41) is 13.4. The van der Waals surface area contributed by atoms with Crippen LogP contribution in [0.25, 0.3) is 0 Å². The monoisotopic (exact) mass is 227 g/mol. The smallest absolute Gasteiger partial charge is 0.114 e. The summed E-state index contributed by atoms with van der Waals surface area (Å²) in [5.41, 5.74) is 1.08.